The number of ether oxygens (including phenoxy) is 1. The molecule has 2 aromatic rings. The van der Waals surface area contributed by atoms with Crippen molar-refractivity contribution in [1.29, 1.82) is 0 Å². The van der Waals surface area contributed by atoms with Crippen LogP contribution in [0, 0.1) is 6.92 Å². The number of hydrogen-bond donors (Lipinski definition) is 1. The third kappa shape index (κ3) is 3.45. The van der Waals surface area contributed by atoms with Gasteiger partial charge < -0.3 is 10.1 Å². The number of carbonyl (C=O) groups excluding carboxylic acids is 1. The van der Waals surface area contributed by atoms with Crippen molar-refractivity contribution < 1.29 is 9.53 Å². The first kappa shape index (κ1) is 13.8. The molecule has 0 amide bonds. The Kier molecular flexibility index (Phi) is 4.39. The van der Waals surface area contributed by atoms with Crippen molar-refractivity contribution in [2.75, 3.05) is 12.4 Å². The number of benzene rings is 1. The van der Waals surface area contributed by atoms with Crippen LogP contribution in [0.3, 0.4) is 0 Å². The van der Waals surface area contributed by atoms with Crippen LogP contribution in [-0.2, 0) is 9.53 Å². The number of thiazole rings is 1. The molecule has 1 aromatic carbocycles. The van der Waals surface area contributed by atoms with E-state index in [-0.39, 0.29) is 5.97 Å². The number of aryl methyl sites for hydroxylation is 1. The van der Waals surface area contributed by atoms with Gasteiger partial charge in [-0.25, -0.2) is 9.78 Å². The van der Waals surface area contributed by atoms with Crippen molar-refractivity contribution in [2.24, 2.45) is 0 Å². The molecule has 0 aliphatic heterocycles. The third-order valence-electron chi connectivity index (χ3n) is 2.48. The number of esters is 1. The fourth-order valence-corrected chi connectivity index (χ4v) is 2.51. The van der Waals surface area contributed by atoms with Crippen LogP contribution >= 0.6 is 22.9 Å². The highest BCUT2D eigenvalue weighted by atomic mass is 35.5. The summed E-state index contributed by atoms with van der Waals surface area (Å²) in [4.78, 5) is 16.2. The summed E-state index contributed by atoms with van der Waals surface area (Å²) in [6.07, 6.45) is 0. The van der Waals surface area contributed by atoms with Crippen LogP contribution in [0.5, 0.6) is 0 Å². The van der Waals surface area contributed by atoms with Crippen LogP contribution in [0.15, 0.2) is 29.6 Å². The summed E-state index contributed by atoms with van der Waals surface area (Å²) in [5.41, 5.74) is 1.67. The van der Waals surface area contributed by atoms with Gasteiger partial charge in [0.15, 0.2) is 6.04 Å². The van der Waals surface area contributed by atoms with E-state index in [1.165, 1.54) is 18.4 Å². The zero-order chi connectivity index (χ0) is 13.8. The highest BCUT2D eigenvalue weighted by Gasteiger charge is 2.24. The Morgan fingerprint density at radius 2 is 2.11 bits per heavy atom. The quantitative estimate of drug-likeness (QED) is 0.878. The monoisotopic (exact) mass is 296 g/mol. The molecule has 0 aliphatic rings. The number of hydrogen-bond acceptors (Lipinski definition) is 5. The van der Waals surface area contributed by atoms with Gasteiger partial charge in [0.1, 0.15) is 5.01 Å². The fourth-order valence-electron chi connectivity index (χ4n) is 1.56. The van der Waals surface area contributed by atoms with E-state index in [9.17, 15) is 4.79 Å². The van der Waals surface area contributed by atoms with Gasteiger partial charge in [0.2, 0.25) is 0 Å². The zero-order valence-corrected chi connectivity index (χ0v) is 12.1. The number of halogens is 1. The average Bonchev–Trinajstić information content (AvgIpc) is 2.83. The molecule has 100 valence electrons. The smallest absolute Gasteiger partial charge is 0.335 e. The summed E-state index contributed by atoms with van der Waals surface area (Å²) in [5.74, 6) is -0.371. The molecular weight excluding hydrogens is 284 g/mol. The highest BCUT2D eigenvalue weighted by molar-refractivity contribution is 7.09. The lowest BCUT2D eigenvalue weighted by atomic mass is 10.2. The predicted molar refractivity (Wildman–Crippen MR) is 76.7 cm³/mol. The van der Waals surface area contributed by atoms with E-state index in [2.05, 4.69) is 10.3 Å². The Labute approximate surface area is 120 Å². The summed E-state index contributed by atoms with van der Waals surface area (Å²) in [6, 6.07) is 6.51. The predicted octanol–water partition coefficient (Wildman–Crippen LogP) is 3.43. The maximum absolute atomic E-state index is 11.8. The molecule has 0 spiro atoms. The Morgan fingerprint density at radius 3 is 2.63 bits per heavy atom. The molecule has 19 heavy (non-hydrogen) atoms. The Balaban J connectivity index is 2.23. The molecule has 0 saturated carbocycles. The molecule has 0 aliphatic carbocycles. The van der Waals surface area contributed by atoms with Crippen LogP contribution in [0.2, 0.25) is 5.02 Å². The minimum absolute atomic E-state index is 0.371. The summed E-state index contributed by atoms with van der Waals surface area (Å²) in [6.45, 7) is 1.89. The van der Waals surface area contributed by atoms with Gasteiger partial charge in [-0.1, -0.05) is 11.6 Å². The molecule has 0 fully saturated rings. The molecule has 1 atom stereocenters. The van der Waals surface area contributed by atoms with E-state index in [1.807, 2.05) is 12.3 Å². The summed E-state index contributed by atoms with van der Waals surface area (Å²) >= 11 is 7.25. The van der Waals surface area contributed by atoms with E-state index in [0.29, 0.717) is 10.0 Å². The number of nitrogens with one attached hydrogen (secondary N) is 1. The lowest BCUT2D eigenvalue weighted by Gasteiger charge is -2.15. The van der Waals surface area contributed by atoms with Crippen molar-refractivity contribution in [3.8, 4) is 0 Å². The van der Waals surface area contributed by atoms with Crippen LogP contribution in [0.1, 0.15) is 16.7 Å². The molecule has 0 saturated heterocycles. The number of methoxy groups -OCH3 is 1. The second-order valence-corrected chi connectivity index (χ2v) is 5.26. The lowest BCUT2D eigenvalue weighted by molar-refractivity contribution is -0.141. The molecule has 6 heteroatoms. The van der Waals surface area contributed by atoms with E-state index < -0.39 is 6.04 Å². The number of aromatic nitrogens is 1. The second kappa shape index (κ2) is 6.04. The number of anilines is 1. The van der Waals surface area contributed by atoms with Crippen LogP contribution in [0.25, 0.3) is 0 Å². The van der Waals surface area contributed by atoms with Gasteiger partial charge in [0.05, 0.1) is 7.11 Å². The Bertz CT molecular complexity index is 568. The second-order valence-electron chi connectivity index (χ2n) is 3.93. The average molecular weight is 297 g/mol. The van der Waals surface area contributed by atoms with Crippen LogP contribution in [0.4, 0.5) is 5.69 Å². The molecule has 0 bridgehead atoms. The largest absolute Gasteiger partial charge is 0.467 e. The maximum atomic E-state index is 11.8. The molecule has 2 rings (SSSR count). The first-order valence-electron chi connectivity index (χ1n) is 5.62. The van der Waals surface area contributed by atoms with Gasteiger partial charge >= 0.3 is 5.97 Å². The number of nitrogens with zero attached hydrogens (tertiary/aromatic N) is 1. The van der Waals surface area contributed by atoms with Gasteiger partial charge in [0.25, 0.3) is 0 Å². The van der Waals surface area contributed by atoms with Gasteiger partial charge in [-0.2, -0.15) is 0 Å². The highest BCUT2D eigenvalue weighted by Crippen LogP contribution is 2.24. The normalized spacial score (nSPS) is 11.9. The van der Waals surface area contributed by atoms with Gasteiger partial charge in [-0.15, -0.1) is 11.3 Å². The molecule has 1 unspecified atom stereocenters. The van der Waals surface area contributed by atoms with Gasteiger partial charge in [-0.3, -0.25) is 0 Å². The fraction of sp³-hybridized carbons (Fsp3) is 0.231. The Morgan fingerprint density at radius 1 is 1.42 bits per heavy atom. The minimum Gasteiger partial charge on any atom is -0.467 e. The van der Waals surface area contributed by atoms with E-state index >= 15 is 0 Å². The molecule has 4 nitrogen and oxygen atoms in total. The van der Waals surface area contributed by atoms with E-state index in [4.69, 9.17) is 16.3 Å². The standard InChI is InChI=1S/C13H13ClN2O2S/c1-8-7-19-12(15-8)11(13(17)18-2)16-10-5-3-9(14)4-6-10/h3-7,11,16H,1-2H3. The number of rotatable bonds is 4. The van der Waals surface area contributed by atoms with Crippen LogP contribution < -0.4 is 5.32 Å². The first-order chi connectivity index (χ1) is 9.10. The first-order valence-corrected chi connectivity index (χ1v) is 6.88. The van der Waals surface area contributed by atoms with Crippen molar-refractivity contribution in [3.63, 3.8) is 0 Å². The number of carbonyl (C=O) groups is 1. The maximum Gasteiger partial charge on any atom is 0.335 e. The summed E-state index contributed by atoms with van der Waals surface area (Å²) < 4.78 is 4.81. The molecule has 1 aromatic heterocycles. The van der Waals surface area contributed by atoms with Gasteiger partial charge in [0, 0.05) is 21.8 Å². The van der Waals surface area contributed by atoms with Crippen molar-refractivity contribution in [2.45, 2.75) is 13.0 Å². The van der Waals surface area contributed by atoms with E-state index in [1.54, 1.807) is 24.3 Å². The van der Waals surface area contributed by atoms with Crippen LogP contribution in [-0.4, -0.2) is 18.1 Å². The SMILES string of the molecule is COC(=O)C(Nc1ccc(Cl)cc1)c1nc(C)cs1. The molecule has 0 radical (unpaired) electrons. The topological polar surface area (TPSA) is 51.2 Å². The molecule has 1 heterocycles. The van der Waals surface area contributed by atoms with Gasteiger partial charge in [-0.05, 0) is 31.2 Å². The van der Waals surface area contributed by atoms with Crippen molar-refractivity contribution in [1.82, 2.24) is 4.98 Å². The summed E-state index contributed by atoms with van der Waals surface area (Å²) in [5, 5.41) is 6.32. The molecule has 1 N–H and O–H groups in total. The van der Waals surface area contributed by atoms with Crippen molar-refractivity contribution >= 4 is 34.6 Å². The lowest BCUT2D eigenvalue weighted by Crippen LogP contribution is -2.22. The Hall–Kier alpha value is -1.59. The molecular formula is C13H13ClN2O2S. The summed E-state index contributed by atoms with van der Waals surface area (Å²) in [7, 11) is 1.36. The minimum atomic E-state index is -0.607. The third-order valence-corrected chi connectivity index (χ3v) is 3.76. The van der Waals surface area contributed by atoms with Crippen molar-refractivity contribution in [3.05, 3.63) is 45.4 Å². The zero-order valence-electron chi connectivity index (χ0n) is 10.5. The van der Waals surface area contributed by atoms with E-state index in [0.717, 1.165) is 11.4 Å².